The number of carbonyl (C=O) groups is 1. The number of hydrogen-bond donors (Lipinski definition) is 1. The van der Waals surface area contributed by atoms with Crippen molar-refractivity contribution >= 4 is 11.9 Å². The van der Waals surface area contributed by atoms with Crippen molar-refractivity contribution in [1.29, 1.82) is 0 Å². The highest BCUT2D eigenvalue weighted by Crippen LogP contribution is 2.09. The molecule has 5 heteroatoms. The Labute approximate surface area is 109 Å². The number of carbonyl (C=O) groups excluding carboxylic acids is 1. The number of hydrogen-bond acceptors (Lipinski definition) is 3. The van der Waals surface area contributed by atoms with Gasteiger partial charge in [-0.2, -0.15) is 0 Å². The molecule has 1 aliphatic rings. The summed E-state index contributed by atoms with van der Waals surface area (Å²) in [6.45, 7) is 6.05. The van der Waals surface area contributed by atoms with Crippen LogP contribution in [0.1, 0.15) is 46.0 Å². The number of rotatable bonds is 4. The van der Waals surface area contributed by atoms with Crippen molar-refractivity contribution in [3.8, 4) is 0 Å². The summed E-state index contributed by atoms with van der Waals surface area (Å²) in [5, 5.41) is 0. The van der Waals surface area contributed by atoms with Gasteiger partial charge in [0.05, 0.1) is 19.1 Å². The lowest BCUT2D eigenvalue weighted by Gasteiger charge is -2.21. The van der Waals surface area contributed by atoms with Crippen molar-refractivity contribution in [2.24, 2.45) is 10.7 Å². The summed E-state index contributed by atoms with van der Waals surface area (Å²) in [5.41, 5.74) is 5.93. The second kappa shape index (κ2) is 7.95. The van der Waals surface area contributed by atoms with Gasteiger partial charge in [-0.1, -0.05) is 12.8 Å². The standard InChI is InChI=1S/C13H25N3O2/c1-11(2)18-12(17)7-8-15-13(14)16-9-5-3-4-6-10-16/h11H,3-10H2,1-2H3,(H2,14,15). The smallest absolute Gasteiger partial charge is 0.307 e. The number of esters is 1. The van der Waals surface area contributed by atoms with Gasteiger partial charge >= 0.3 is 5.97 Å². The lowest BCUT2D eigenvalue weighted by molar-refractivity contribution is -0.147. The molecule has 0 radical (unpaired) electrons. The van der Waals surface area contributed by atoms with Crippen LogP contribution in [0.5, 0.6) is 0 Å². The number of aliphatic imine (C=N–C) groups is 1. The predicted octanol–water partition coefficient (Wildman–Crippen LogP) is 1.52. The molecule has 0 amide bonds. The number of nitrogens with two attached hydrogens (primary N) is 1. The molecule has 0 aliphatic carbocycles. The fourth-order valence-corrected chi connectivity index (χ4v) is 1.98. The van der Waals surface area contributed by atoms with Crippen LogP contribution in [-0.4, -0.2) is 42.6 Å². The molecule has 5 nitrogen and oxygen atoms in total. The summed E-state index contributed by atoms with van der Waals surface area (Å²) in [6.07, 6.45) is 5.11. The maximum Gasteiger partial charge on any atom is 0.307 e. The SMILES string of the molecule is CC(C)OC(=O)CCN=C(N)N1CCCCCC1. The number of nitrogens with zero attached hydrogens (tertiary/aromatic N) is 2. The van der Waals surface area contributed by atoms with E-state index in [1.165, 1.54) is 25.7 Å². The van der Waals surface area contributed by atoms with Gasteiger partial charge in [0, 0.05) is 13.1 Å². The molecule has 1 aliphatic heterocycles. The molecular weight excluding hydrogens is 230 g/mol. The van der Waals surface area contributed by atoms with E-state index in [-0.39, 0.29) is 12.1 Å². The molecule has 1 rings (SSSR count). The highest BCUT2D eigenvalue weighted by atomic mass is 16.5. The van der Waals surface area contributed by atoms with E-state index < -0.39 is 0 Å². The molecule has 1 fully saturated rings. The third-order valence-electron chi connectivity index (χ3n) is 2.89. The minimum atomic E-state index is -0.211. The molecule has 0 bridgehead atoms. The Morgan fingerprint density at radius 1 is 1.28 bits per heavy atom. The molecule has 1 saturated heterocycles. The zero-order valence-electron chi connectivity index (χ0n) is 11.5. The molecule has 0 atom stereocenters. The summed E-state index contributed by atoms with van der Waals surface area (Å²) in [4.78, 5) is 17.7. The Balaban J connectivity index is 2.29. The number of likely N-dealkylation sites (tertiary alicyclic amines) is 1. The minimum Gasteiger partial charge on any atom is -0.463 e. The van der Waals surface area contributed by atoms with Crippen molar-refractivity contribution in [3.05, 3.63) is 0 Å². The van der Waals surface area contributed by atoms with E-state index in [1.807, 2.05) is 13.8 Å². The van der Waals surface area contributed by atoms with Crippen molar-refractivity contribution in [2.75, 3.05) is 19.6 Å². The van der Waals surface area contributed by atoms with Gasteiger partial charge in [-0.05, 0) is 26.7 Å². The van der Waals surface area contributed by atoms with Gasteiger partial charge in [0.25, 0.3) is 0 Å². The molecule has 104 valence electrons. The minimum absolute atomic E-state index is 0.0653. The van der Waals surface area contributed by atoms with Crippen molar-refractivity contribution < 1.29 is 9.53 Å². The van der Waals surface area contributed by atoms with E-state index >= 15 is 0 Å². The number of ether oxygens (including phenoxy) is 1. The van der Waals surface area contributed by atoms with Crippen LogP contribution in [0.3, 0.4) is 0 Å². The van der Waals surface area contributed by atoms with Crippen LogP contribution in [0.25, 0.3) is 0 Å². The van der Waals surface area contributed by atoms with Gasteiger partial charge < -0.3 is 15.4 Å². The van der Waals surface area contributed by atoms with Crippen LogP contribution in [0.15, 0.2) is 4.99 Å². The van der Waals surface area contributed by atoms with Gasteiger partial charge in [0.2, 0.25) is 0 Å². The maximum absolute atomic E-state index is 11.3. The van der Waals surface area contributed by atoms with E-state index in [4.69, 9.17) is 10.5 Å². The lowest BCUT2D eigenvalue weighted by atomic mass is 10.2. The topological polar surface area (TPSA) is 67.9 Å². The van der Waals surface area contributed by atoms with E-state index in [2.05, 4.69) is 9.89 Å². The summed E-state index contributed by atoms with van der Waals surface area (Å²) in [5.74, 6) is 0.353. The number of guanidine groups is 1. The zero-order valence-corrected chi connectivity index (χ0v) is 11.5. The molecular formula is C13H25N3O2. The summed E-state index contributed by atoms with van der Waals surface area (Å²) >= 11 is 0. The van der Waals surface area contributed by atoms with E-state index in [0.29, 0.717) is 18.9 Å². The van der Waals surface area contributed by atoms with Crippen LogP contribution in [-0.2, 0) is 9.53 Å². The lowest BCUT2D eigenvalue weighted by Crippen LogP contribution is -2.38. The Hall–Kier alpha value is -1.26. The molecule has 18 heavy (non-hydrogen) atoms. The Morgan fingerprint density at radius 2 is 1.89 bits per heavy atom. The Morgan fingerprint density at radius 3 is 2.44 bits per heavy atom. The first kappa shape index (κ1) is 14.8. The highest BCUT2D eigenvalue weighted by Gasteiger charge is 2.11. The van der Waals surface area contributed by atoms with Crippen molar-refractivity contribution in [3.63, 3.8) is 0 Å². The second-order valence-corrected chi connectivity index (χ2v) is 4.93. The quantitative estimate of drug-likeness (QED) is 0.470. The first-order chi connectivity index (χ1) is 8.59. The molecule has 0 aromatic heterocycles. The summed E-state index contributed by atoms with van der Waals surface area (Å²) in [7, 11) is 0. The third-order valence-corrected chi connectivity index (χ3v) is 2.89. The van der Waals surface area contributed by atoms with Crippen LogP contribution < -0.4 is 5.73 Å². The predicted molar refractivity (Wildman–Crippen MR) is 72.4 cm³/mol. The second-order valence-electron chi connectivity index (χ2n) is 4.93. The average Bonchev–Trinajstić information content (AvgIpc) is 2.56. The van der Waals surface area contributed by atoms with Gasteiger partial charge in [0.1, 0.15) is 0 Å². The molecule has 0 aromatic carbocycles. The first-order valence-electron chi connectivity index (χ1n) is 6.84. The van der Waals surface area contributed by atoms with Crippen LogP contribution in [0.4, 0.5) is 0 Å². The van der Waals surface area contributed by atoms with Crippen LogP contribution in [0.2, 0.25) is 0 Å². The van der Waals surface area contributed by atoms with E-state index in [1.54, 1.807) is 0 Å². The maximum atomic E-state index is 11.3. The van der Waals surface area contributed by atoms with E-state index in [0.717, 1.165) is 13.1 Å². The Bertz CT molecular complexity index is 282. The largest absolute Gasteiger partial charge is 0.463 e. The van der Waals surface area contributed by atoms with E-state index in [9.17, 15) is 4.79 Å². The first-order valence-corrected chi connectivity index (χ1v) is 6.84. The molecule has 2 N–H and O–H groups in total. The van der Waals surface area contributed by atoms with Gasteiger partial charge in [-0.3, -0.25) is 9.79 Å². The molecule has 0 saturated carbocycles. The summed E-state index contributed by atoms with van der Waals surface area (Å²) < 4.78 is 5.03. The third kappa shape index (κ3) is 5.89. The van der Waals surface area contributed by atoms with Crippen molar-refractivity contribution in [2.45, 2.75) is 52.1 Å². The molecule has 0 aromatic rings. The van der Waals surface area contributed by atoms with Crippen LogP contribution in [0, 0.1) is 0 Å². The molecule has 0 unspecified atom stereocenters. The normalized spacial score (nSPS) is 17.7. The molecule has 1 heterocycles. The highest BCUT2D eigenvalue weighted by molar-refractivity contribution is 5.78. The van der Waals surface area contributed by atoms with Gasteiger partial charge in [0.15, 0.2) is 5.96 Å². The zero-order chi connectivity index (χ0) is 13.4. The van der Waals surface area contributed by atoms with Gasteiger partial charge in [-0.15, -0.1) is 0 Å². The monoisotopic (exact) mass is 255 g/mol. The summed E-state index contributed by atoms with van der Waals surface area (Å²) in [6, 6.07) is 0. The fraction of sp³-hybridized carbons (Fsp3) is 0.846. The average molecular weight is 255 g/mol. The van der Waals surface area contributed by atoms with Gasteiger partial charge in [-0.25, -0.2) is 0 Å². The fourth-order valence-electron chi connectivity index (χ4n) is 1.98. The molecule has 0 spiro atoms. The van der Waals surface area contributed by atoms with Crippen LogP contribution >= 0.6 is 0 Å². The Kier molecular flexibility index (Phi) is 6.54. The van der Waals surface area contributed by atoms with Crippen molar-refractivity contribution in [1.82, 2.24) is 4.90 Å².